The maximum absolute atomic E-state index is 11.8. The summed E-state index contributed by atoms with van der Waals surface area (Å²) in [5.41, 5.74) is 0.801. The van der Waals surface area contributed by atoms with Gasteiger partial charge in [-0.2, -0.15) is 0 Å². The summed E-state index contributed by atoms with van der Waals surface area (Å²) in [6.07, 6.45) is 0.977. The number of rotatable bonds is 10. The van der Waals surface area contributed by atoms with Gasteiger partial charge in [0.05, 0.1) is 0 Å². The lowest BCUT2D eigenvalue weighted by molar-refractivity contribution is -0.124. The number of para-hydroxylation sites is 1. The maximum atomic E-state index is 11.8. The Bertz CT molecular complexity index is 476. The van der Waals surface area contributed by atoms with Crippen molar-refractivity contribution in [1.82, 2.24) is 10.6 Å². The molecule has 1 aromatic carbocycles. The Labute approximate surface area is 151 Å². The first-order chi connectivity index (χ1) is 10.9. The molecule has 0 aliphatic rings. The Kier molecular flexibility index (Phi) is 11.5. The molecule has 1 aromatic rings. The number of hydrogen-bond donors (Lipinski definition) is 2. The van der Waals surface area contributed by atoms with Gasteiger partial charge in [-0.05, 0) is 46.7 Å². The minimum absolute atomic E-state index is 0. The van der Waals surface area contributed by atoms with Crippen LogP contribution in [0.5, 0.6) is 5.75 Å². The number of carbonyl (C=O) groups excluding carboxylic acids is 1. The average molecular weight is 359 g/mol. The maximum Gasteiger partial charge on any atom is 0.258 e. The standard InChI is InChI=1S/C18H30N2O3.ClH/c1-5-22-12-8-11-19-13-15-9-6-7-10-16(15)23-14-17(21)20-18(2,3)4;/h6-7,9-10,19H,5,8,11-14H2,1-4H3,(H,20,21);1H. The van der Waals surface area contributed by atoms with Crippen molar-refractivity contribution in [2.75, 3.05) is 26.4 Å². The van der Waals surface area contributed by atoms with Crippen LogP contribution in [-0.2, 0) is 16.1 Å². The molecule has 0 aliphatic carbocycles. The van der Waals surface area contributed by atoms with Crippen LogP contribution >= 0.6 is 12.4 Å². The molecule has 24 heavy (non-hydrogen) atoms. The molecule has 0 aliphatic heterocycles. The van der Waals surface area contributed by atoms with Gasteiger partial charge in [0, 0.05) is 30.9 Å². The van der Waals surface area contributed by atoms with E-state index in [-0.39, 0.29) is 30.5 Å². The normalized spacial score (nSPS) is 10.8. The highest BCUT2D eigenvalue weighted by Crippen LogP contribution is 2.17. The van der Waals surface area contributed by atoms with Crippen molar-refractivity contribution < 1.29 is 14.3 Å². The fourth-order valence-electron chi connectivity index (χ4n) is 2.05. The van der Waals surface area contributed by atoms with Crippen molar-refractivity contribution in [2.24, 2.45) is 0 Å². The third-order valence-corrected chi connectivity index (χ3v) is 3.01. The molecular formula is C18H31ClN2O3. The number of benzene rings is 1. The van der Waals surface area contributed by atoms with Crippen molar-refractivity contribution in [3.05, 3.63) is 29.8 Å². The number of ether oxygens (including phenoxy) is 2. The second kappa shape index (κ2) is 12.1. The number of carbonyl (C=O) groups is 1. The van der Waals surface area contributed by atoms with Crippen molar-refractivity contribution in [1.29, 1.82) is 0 Å². The lowest BCUT2D eigenvalue weighted by Gasteiger charge is -2.20. The van der Waals surface area contributed by atoms with Gasteiger partial charge in [-0.3, -0.25) is 4.79 Å². The largest absolute Gasteiger partial charge is 0.483 e. The quantitative estimate of drug-likeness (QED) is 0.631. The van der Waals surface area contributed by atoms with Gasteiger partial charge in [0.25, 0.3) is 5.91 Å². The van der Waals surface area contributed by atoms with Gasteiger partial charge >= 0.3 is 0 Å². The van der Waals surface area contributed by atoms with Crippen LogP contribution in [0.2, 0.25) is 0 Å². The summed E-state index contributed by atoms with van der Waals surface area (Å²) in [5.74, 6) is 0.630. The van der Waals surface area contributed by atoms with Gasteiger partial charge in [0.15, 0.2) is 6.61 Å². The molecule has 0 radical (unpaired) electrons. The van der Waals surface area contributed by atoms with E-state index in [9.17, 15) is 4.79 Å². The van der Waals surface area contributed by atoms with E-state index in [0.29, 0.717) is 6.54 Å². The summed E-state index contributed by atoms with van der Waals surface area (Å²) < 4.78 is 11.0. The van der Waals surface area contributed by atoms with Crippen LogP contribution in [0, 0.1) is 0 Å². The SMILES string of the molecule is CCOCCCNCc1ccccc1OCC(=O)NC(C)(C)C.Cl. The topological polar surface area (TPSA) is 59.6 Å². The Morgan fingerprint density at radius 3 is 2.58 bits per heavy atom. The van der Waals surface area contributed by atoms with Crippen LogP contribution < -0.4 is 15.4 Å². The van der Waals surface area contributed by atoms with E-state index in [1.54, 1.807) is 0 Å². The van der Waals surface area contributed by atoms with E-state index in [1.807, 2.05) is 52.0 Å². The molecule has 0 unspecified atom stereocenters. The Hall–Kier alpha value is -1.30. The predicted octanol–water partition coefficient (Wildman–Crippen LogP) is 2.92. The van der Waals surface area contributed by atoms with Crippen LogP contribution in [0.3, 0.4) is 0 Å². The third-order valence-electron chi connectivity index (χ3n) is 3.01. The zero-order chi connectivity index (χ0) is 17.1. The second-order valence-electron chi connectivity index (χ2n) is 6.42. The molecule has 0 saturated heterocycles. The fraction of sp³-hybridized carbons (Fsp3) is 0.611. The summed E-state index contributed by atoms with van der Waals surface area (Å²) in [5, 5.41) is 6.25. The summed E-state index contributed by atoms with van der Waals surface area (Å²) in [7, 11) is 0. The Morgan fingerprint density at radius 2 is 1.92 bits per heavy atom. The molecule has 0 atom stereocenters. The van der Waals surface area contributed by atoms with Gasteiger partial charge in [-0.25, -0.2) is 0 Å². The van der Waals surface area contributed by atoms with E-state index in [4.69, 9.17) is 9.47 Å². The highest BCUT2D eigenvalue weighted by molar-refractivity contribution is 5.85. The van der Waals surface area contributed by atoms with E-state index in [2.05, 4.69) is 10.6 Å². The second-order valence-corrected chi connectivity index (χ2v) is 6.42. The third kappa shape index (κ3) is 10.5. The molecule has 0 spiro atoms. The van der Waals surface area contributed by atoms with Crippen LogP contribution in [0.15, 0.2) is 24.3 Å². The molecule has 6 heteroatoms. The van der Waals surface area contributed by atoms with Crippen LogP contribution in [-0.4, -0.2) is 37.8 Å². The first kappa shape index (κ1) is 22.7. The van der Waals surface area contributed by atoms with E-state index < -0.39 is 0 Å². The minimum Gasteiger partial charge on any atom is -0.483 e. The van der Waals surface area contributed by atoms with E-state index in [0.717, 1.165) is 37.5 Å². The molecule has 0 saturated carbocycles. The summed E-state index contributed by atoms with van der Waals surface area (Å²) in [6, 6.07) is 7.78. The summed E-state index contributed by atoms with van der Waals surface area (Å²) in [6.45, 7) is 11.0. The van der Waals surface area contributed by atoms with Gasteiger partial charge in [0.1, 0.15) is 5.75 Å². The van der Waals surface area contributed by atoms with Crippen molar-refractivity contribution in [2.45, 2.75) is 46.2 Å². The van der Waals surface area contributed by atoms with Gasteiger partial charge in [-0.1, -0.05) is 18.2 Å². The smallest absolute Gasteiger partial charge is 0.258 e. The molecule has 1 rings (SSSR count). The molecule has 0 heterocycles. The Balaban J connectivity index is 0.00000529. The highest BCUT2D eigenvalue weighted by atomic mass is 35.5. The molecule has 5 nitrogen and oxygen atoms in total. The van der Waals surface area contributed by atoms with E-state index in [1.165, 1.54) is 0 Å². The van der Waals surface area contributed by atoms with Gasteiger partial charge < -0.3 is 20.1 Å². The predicted molar refractivity (Wildman–Crippen MR) is 99.9 cm³/mol. The minimum atomic E-state index is -0.248. The van der Waals surface area contributed by atoms with Crippen molar-refractivity contribution >= 4 is 18.3 Å². The molecule has 0 aromatic heterocycles. The molecule has 0 fully saturated rings. The van der Waals surface area contributed by atoms with E-state index >= 15 is 0 Å². The number of halogens is 1. The van der Waals surface area contributed by atoms with Crippen LogP contribution in [0.1, 0.15) is 39.7 Å². The summed E-state index contributed by atoms with van der Waals surface area (Å²) in [4.78, 5) is 11.8. The number of nitrogens with one attached hydrogen (secondary N) is 2. The first-order valence-electron chi connectivity index (χ1n) is 8.22. The van der Waals surface area contributed by atoms with Crippen LogP contribution in [0.4, 0.5) is 0 Å². The molecule has 2 N–H and O–H groups in total. The van der Waals surface area contributed by atoms with Crippen LogP contribution in [0.25, 0.3) is 0 Å². The average Bonchev–Trinajstić information content (AvgIpc) is 2.48. The lowest BCUT2D eigenvalue weighted by Crippen LogP contribution is -2.43. The van der Waals surface area contributed by atoms with Crippen molar-refractivity contribution in [3.8, 4) is 5.75 Å². The monoisotopic (exact) mass is 358 g/mol. The lowest BCUT2D eigenvalue weighted by atomic mass is 10.1. The fourth-order valence-corrected chi connectivity index (χ4v) is 2.05. The molecule has 0 bridgehead atoms. The van der Waals surface area contributed by atoms with Gasteiger partial charge in [-0.15, -0.1) is 12.4 Å². The zero-order valence-corrected chi connectivity index (χ0v) is 16.0. The zero-order valence-electron chi connectivity index (χ0n) is 15.2. The van der Waals surface area contributed by atoms with Crippen molar-refractivity contribution in [3.63, 3.8) is 0 Å². The first-order valence-corrected chi connectivity index (χ1v) is 8.22. The Morgan fingerprint density at radius 1 is 1.21 bits per heavy atom. The molecule has 1 amide bonds. The number of amides is 1. The molecular weight excluding hydrogens is 328 g/mol. The van der Waals surface area contributed by atoms with Gasteiger partial charge in [0.2, 0.25) is 0 Å². The number of hydrogen-bond acceptors (Lipinski definition) is 4. The summed E-state index contributed by atoms with van der Waals surface area (Å²) >= 11 is 0. The highest BCUT2D eigenvalue weighted by Gasteiger charge is 2.14. The molecule has 138 valence electrons.